The van der Waals surface area contributed by atoms with Crippen LogP contribution in [0.1, 0.15) is 24.1 Å². The van der Waals surface area contributed by atoms with Crippen molar-refractivity contribution in [3.8, 4) is 11.8 Å². The second-order valence-electron chi connectivity index (χ2n) is 3.53. The van der Waals surface area contributed by atoms with E-state index in [4.69, 9.17) is 5.11 Å². The highest BCUT2D eigenvalue weighted by atomic mass is 16.2. The van der Waals surface area contributed by atoms with E-state index in [1.54, 1.807) is 7.05 Å². The van der Waals surface area contributed by atoms with Gasteiger partial charge in [0.2, 0.25) is 0 Å². The molecule has 0 heterocycles. The number of carbonyl (C=O) groups is 1. The van der Waals surface area contributed by atoms with Crippen LogP contribution in [0.2, 0.25) is 0 Å². The average Bonchev–Trinajstić information content (AvgIpc) is 2.36. The van der Waals surface area contributed by atoms with Crippen molar-refractivity contribution in [2.75, 3.05) is 13.7 Å². The van der Waals surface area contributed by atoms with Crippen molar-refractivity contribution in [1.82, 2.24) is 10.6 Å². The Balaban J connectivity index is 2.70. The summed E-state index contributed by atoms with van der Waals surface area (Å²) < 4.78 is 0. The first kappa shape index (κ1) is 13.1. The zero-order chi connectivity index (χ0) is 12.7. The fourth-order valence-electron chi connectivity index (χ4n) is 1.35. The minimum Gasteiger partial charge on any atom is -0.384 e. The van der Waals surface area contributed by atoms with Gasteiger partial charge in [0.15, 0.2) is 0 Å². The molecule has 0 spiro atoms. The van der Waals surface area contributed by atoms with Crippen molar-refractivity contribution < 1.29 is 9.90 Å². The molecule has 90 valence electrons. The van der Waals surface area contributed by atoms with E-state index in [0.717, 1.165) is 11.1 Å². The lowest BCUT2D eigenvalue weighted by Gasteiger charge is -2.13. The number of amides is 2. The summed E-state index contributed by atoms with van der Waals surface area (Å²) in [6.45, 7) is 1.76. The van der Waals surface area contributed by atoms with Crippen LogP contribution in [0.3, 0.4) is 0 Å². The van der Waals surface area contributed by atoms with E-state index in [9.17, 15) is 4.79 Å². The maximum atomic E-state index is 11.1. The van der Waals surface area contributed by atoms with Gasteiger partial charge in [0.05, 0.1) is 6.04 Å². The third kappa shape index (κ3) is 4.17. The molecule has 0 aliphatic rings. The molecule has 1 rings (SSSR count). The Hall–Kier alpha value is -1.99. The molecule has 1 aromatic carbocycles. The van der Waals surface area contributed by atoms with Crippen LogP contribution in [0.4, 0.5) is 4.79 Å². The Morgan fingerprint density at radius 3 is 2.59 bits per heavy atom. The second-order valence-corrected chi connectivity index (χ2v) is 3.53. The molecule has 0 saturated carbocycles. The van der Waals surface area contributed by atoms with Gasteiger partial charge in [0.1, 0.15) is 6.61 Å². The zero-order valence-corrected chi connectivity index (χ0v) is 9.95. The lowest BCUT2D eigenvalue weighted by atomic mass is 10.1. The van der Waals surface area contributed by atoms with E-state index in [1.165, 1.54) is 0 Å². The Kier molecular flexibility index (Phi) is 5.05. The molecule has 1 atom stereocenters. The van der Waals surface area contributed by atoms with Crippen LogP contribution in [0.15, 0.2) is 24.3 Å². The Bertz CT molecular complexity index is 429. The summed E-state index contributed by atoms with van der Waals surface area (Å²) in [5.41, 5.74) is 1.85. The highest BCUT2D eigenvalue weighted by Crippen LogP contribution is 2.12. The third-order valence-electron chi connectivity index (χ3n) is 2.30. The van der Waals surface area contributed by atoms with Crippen molar-refractivity contribution in [3.63, 3.8) is 0 Å². The summed E-state index contributed by atoms with van der Waals surface area (Å²) in [7, 11) is 1.58. The van der Waals surface area contributed by atoms with E-state index in [-0.39, 0.29) is 18.7 Å². The number of hydrogen-bond donors (Lipinski definition) is 3. The molecule has 0 fully saturated rings. The molecule has 0 saturated heterocycles. The number of benzene rings is 1. The van der Waals surface area contributed by atoms with Crippen LogP contribution in [0.25, 0.3) is 0 Å². The van der Waals surface area contributed by atoms with E-state index in [1.807, 2.05) is 31.2 Å². The highest BCUT2D eigenvalue weighted by Gasteiger charge is 2.07. The third-order valence-corrected chi connectivity index (χ3v) is 2.30. The Morgan fingerprint density at radius 1 is 1.41 bits per heavy atom. The zero-order valence-electron chi connectivity index (χ0n) is 9.95. The van der Waals surface area contributed by atoms with Gasteiger partial charge in [-0.15, -0.1) is 0 Å². The predicted molar refractivity (Wildman–Crippen MR) is 66.4 cm³/mol. The number of rotatable bonds is 2. The second kappa shape index (κ2) is 6.56. The smallest absolute Gasteiger partial charge is 0.315 e. The lowest BCUT2D eigenvalue weighted by molar-refractivity contribution is 0.240. The van der Waals surface area contributed by atoms with Crippen LogP contribution < -0.4 is 10.6 Å². The molecule has 0 aliphatic heterocycles. The molecule has 1 unspecified atom stereocenters. The standard InChI is InChI=1S/C13H16N2O2/c1-10(15-13(17)14-2)12-7-5-11(6-8-12)4-3-9-16/h5-8,10,16H,9H2,1-2H3,(H2,14,15,17). The van der Waals surface area contributed by atoms with Crippen LogP contribution in [-0.2, 0) is 0 Å². The number of urea groups is 1. The van der Waals surface area contributed by atoms with Crippen molar-refractivity contribution in [2.24, 2.45) is 0 Å². The topological polar surface area (TPSA) is 61.4 Å². The molecule has 2 amide bonds. The highest BCUT2D eigenvalue weighted by molar-refractivity contribution is 5.73. The first-order valence-corrected chi connectivity index (χ1v) is 5.35. The SMILES string of the molecule is CNC(=O)NC(C)c1ccc(C#CCO)cc1. The summed E-state index contributed by atoms with van der Waals surface area (Å²) in [6, 6.07) is 7.26. The largest absolute Gasteiger partial charge is 0.384 e. The number of nitrogens with one attached hydrogen (secondary N) is 2. The first-order chi connectivity index (χ1) is 8.17. The van der Waals surface area contributed by atoms with E-state index in [2.05, 4.69) is 22.5 Å². The molecule has 1 aromatic rings. The minimum absolute atomic E-state index is 0.0604. The molecule has 3 N–H and O–H groups in total. The minimum atomic E-state index is -0.207. The van der Waals surface area contributed by atoms with Gasteiger partial charge in [0.25, 0.3) is 0 Å². The van der Waals surface area contributed by atoms with Gasteiger partial charge in [-0.25, -0.2) is 4.79 Å². The van der Waals surface area contributed by atoms with Crippen molar-refractivity contribution >= 4 is 6.03 Å². The maximum absolute atomic E-state index is 11.1. The summed E-state index contributed by atoms with van der Waals surface area (Å²) in [5.74, 6) is 5.39. The molecule has 4 nitrogen and oxygen atoms in total. The fourth-order valence-corrected chi connectivity index (χ4v) is 1.35. The van der Waals surface area contributed by atoms with Gasteiger partial charge in [-0.2, -0.15) is 0 Å². The summed E-state index contributed by atoms with van der Waals surface area (Å²) in [4.78, 5) is 11.1. The molecule has 4 heteroatoms. The number of aliphatic hydroxyl groups is 1. The normalized spacial score (nSPS) is 11.0. The average molecular weight is 232 g/mol. The molecule has 0 aliphatic carbocycles. The van der Waals surface area contributed by atoms with E-state index < -0.39 is 0 Å². The summed E-state index contributed by atoms with van der Waals surface area (Å²) >= 11 is 0. The molecular formula is C13H16N2O2. The monoisotopic (exact) mass is 232 g/mol. The number of aliphatic hydroxyl groups excluding tert-OH is 1. The van der Waals surface area contributed by atoms with Gasteiger partial charge < -0.3 is 15.7 Å². The Labute approximate surface area is 101 Å². The van der Waals surface area contributed by atoms with Crippen molar-refractivity contribution in [3.05, 3.63) is 35.4 Å². The summed E-state index contributed by atoms with van der Waals surface area (Å²) in [6.07, 6.45) is 0. The molecule has 17 heavy (non-hydrogen) atoms. The predicted octanol–water partition coefficient (Wildman–Crippen LogP) is 1.02. The van der Waals surface area contributed by atoms with Crippen LogP contribution in [0.5, 0.6) is 0 Å². The first-order valence-electron chi connectivity index (χ1n) is 5.35. The van der Waals surface area contributed by atoms with E-state index >= 15 is 0 Å². The van der Waals surface area contributed by atoms with Gasteiger partial charge in [-0.3, -0.25) is 0 Å². The number of carbonyl (C=O) groups excluding carboxylic acids is 1. The summed E-state index contributed by atoms with van der Waals surface area (Å²) in [5, 5.41) is 13.9. The van der Waals surface area contributed by atoms with Gasteiger partial charge in [-0.05, 0) is 24.6 Å². The lowest BCUT2D eigenvalue weighted by Crippen LogP contribution is -2.34. The molecule has 0 radical (unpaired) electrons. The van der Waals surface area contributed by atoms with Crippen LogP contribution in [0, 0.1) is 11.8 Å². The maximum Gasteiger partial charge on any atom is 0.315 e. The molecular weight excluding hydrogens is 216 g/mol. The van der Waals surface area contributed by atoms with Gasteiger partial charge in [-0.1, -0.05) is 24.0 Å². The van der Waals surface area contributed by atoms with Crippen LogP contribution in [-0.4, -0.2) is 24.8 Å². The van der Waals surface area contributed by atoms with Crippen molar-refractivity contribution in [1.29, 1.82) is 0 Å². The fraction of sp³-hybridized carbons (Fsp3) is 0.308. The Morgan fingerprint density at radius 2 is 2.06 bits per heavy atom. The van der Waals surface area contributed by atoms with Crippen molar-refractivity contribution in [2.45, 2.75) is 13.0 Å². The quantitative estimate of drug-likeness (QED) is 0.667. The van der Waals surface area contributed by atoms with Crippen LogP contribution >= 0.6 is 0 Å². The van der Waals surface area contributed by atoms with E-state index in [0.29, 0.717) is 0 Å². The van der Waals surface area contributed by atoms with Gasteiger partial charge in [0, 0.05) is 12.6 Å². The molecule has 0 aromatic heterocycles. The number of hydrogen-bond acceptors (Lipinski definition) is 2. The molecule has 0 bridgehead atoms. The van der Waals surface area contributed by atoms with Gasteiger partial charge >= 0.3 is 6.03 Å².